The van der Waals surface area contributed by atoms with Gasteiger partial charge in [-0.25, -0.2) is 9.78 Å². The summed E-state index contributed by atoms with van der Waals surface area (Å²) in [5.41, 5.74) is 7.55. The van der Waals surface area contributed by atoms with Gasteiger partial charge in [0.15, 0.2) is 11.2 Å². The molecule has 32 heavy (non-hydrogen) atoms. The van der Waals surface area contributed by atoms with E-state index in [2.05, 4.69) is 15.6 Å². The van der Waals surface area contributed by atoms with Gasteiger partial charge in [-0.1, -0.05) is 22.9 Å². The SMILES string of the molecule is CN1c2cc(C(=O)O)ccc2NC1(Nc1nc2ccc(Cl)cc2s1)C(OCCO)C(N)=O. The summed E-state index contributed by atoms with van der Waals surface area (Å²) in [6.07, 6.45) is -1.28. The van der Waals surface area contributed by atoms with Gasteiger partial charge in [0.1, 0.15) is 0 Å². The number of carboxylic acids is 1. The number of anilines is 3. The van der Waals surface area contributed by atoms with Crippen LogP contribution in [0.3, 0.4) is 0 Å². The van der Waals surface area contributed by atoms with Crippen molar-refractivity contribution in [2.24, 2.45) is 5.73 Å². The first kappa shape index (κ1) is 22.1. The largest absolute Gasteiger partial charge is 0.478 e. The van der Waals surface area contributed by atoms with Gasteiger partial charge < -0.3 is 36.2 Å². The third kappa shape index (κ3) is 3.79. The van der Waals surface area contributed by atoms with Gasteiger partial charge in [0, 0.05) is 12.1 Å². The van der Waals surface area contributed by atoms with Gasteiger partial charge in [-0.2, -0.15) is 0 Å². The molecule has 2 unspecified atom stereocenters. The predicted molar refractivity (Wildman–Crippen MR) is 122 cm³/mol. The molecular weight excluding hydrogens is 458 g/mol. The highest BCUT2D eigenvalue weighted by atomic mass is 35.5. The van der Waals surface area contributed by atoms with E-state index in [9.17, 15) is 19.8 Å². The summed E-state index contributed by atoms with van der Waals surface area (Å²) >= 11 is 7.40. The number of aliphatic hydroxyl groups is 1. The summed E-state index contributed by atoms with van der Waals surface area (Å²) in [6, 6.07) is 9.81. The Balaban J connectivity index is 1.81. The second kappa shape index (κ2) is 8.43. The zero-order valence-corrected chi connectivity index (χ0v) is 18.4. The number of rotatable bonds is 8. The minimum absolute atomic E-state index is 0.0785. The van der Waals surface area contributed by atoms with E-state index < -0.39 is 23.8 Å². The Morgan fingerprint density at radius 2 is 2.16 bits per heavy atom. The molecular formula is C20H20ClN5O5S. The number of primary amides is 1. The van der Waals surface area contributed by atoms with Gasteiger partial charge >= 0.3 is 5.97 Å². The number of nitrogens with zero attached hydrogens (tertiary/aromatic N) is 2. The molecule has 0 saturated heterocycles. The third-order valence-electron chi connectivity index (χ3n) is 5.12. The van der Waals surface area contributed by atoms with Crippen molar-refractivity contribution in [3.8, 4) is 0 Å². The number of nitrogens with one attached hydrogen (secondary N) is 2. The molecule has 1 aliphatic rings. The number of thiazole rings is 1. The Morgan fingerprint density at radius 1 is 1.38 bits per heavy atom. The fraction of sp³-hybridized carbons (Fsp3) is 0.250. The van der Waals surface area contributed by atoms with Gasteiger partial charge in [0.25, 0.3) is 5.91 Å². The molecule has 2 atom stereocenters. The maximum absolute atomic E-state index is 12.5. The first-order valence-electron chi connectivity index (χ1n) is 9.50. The number of carboxylic acid groups (broad SMARTS) is 1. The Kier molecular flexibility index (Phi) is 5.82. The minimum atomic E-state index is -1.45. The highest BCUT2D eigenvalue weighted by molar-refractivity contribution is 7.22. The normalized spacial score (nSPS) is 18.3. The molecule has 2 aromatic carbocycles. The van der Waals surface area contributed by atoms with Crippen LogP contribution in [0.5, 0.6) is 0 Å². The van der Waals surface area contributed by atoms with Crippen molar-refractivity contribution < 1.29 is 24.5 Å². The number of aromatic nitrogens is 1. The van der Waals surface area contributed by atoms with Crippen LogP contribution in [0.4, 0.5) is 16.5 Å². The lowest BCUT2D eigenvalue weighted by Gasteiger charge is -2.42. The second-order valence-electron chi connectivity index (χ2n) is 7.12. The van der Waals surface area contributed by atoms with Crippen molar-refractivity contribution in [2.45, 2.75) is 11.9 Å². The first-order chi connectivity index (χ1) is 15.2. The van der Waals surface area contributed by atoms with Crippen LogP contribution >= 0.6 is 22.9 Å². The molecule has 1 aromatic heterocycles. The van der Waals surface area contributed by atoms with Crippen LogP contribution in [0.25, 0.3) is 10.2 Å². The van der Waals surface area contributed by atoms with Crippen LogP contribution in [0, 0.1) is 0 Å². The van der Waals surface area contributed by atoms with E-state index in [1.165, 1.54) is 23.5 Å². The first-order valence-corrected chi connectivity index (χ1v) is 10.7. The molecule has 0 bridgehead atoms. The average molecular weight is 478 g/mol. The van der Waals surface area contributed by atoms with Crippen molar-refractivity contribution in [1.82, 2.24) is 4.98 Å². The highest BCUT2D eigenvalue weighted by Gasteiger charge is 2.52. The van der Waals surface area contributed by atoms with Gasteiger partial charge in [0.05, 0.1) is 40.4 Å². The maximum Gasteiger partial charge on any atom is 0.335 e. The number of hydrogen-bond acceptors (Lipinski definition) is 9. The molecule has 1 amide bonds. The van der Waals surface area contributed by atoms with Gasteiger partial charge in [-0.3, -0.25) is 4.79 Å². The van der Waals surface area contributed by atoms with Crippen molar-refractivity contribution in [1.29, 1.82) is 0 Å². The van der Waals surface area contributed by atoms with Crippen LogP contribution in [-0.4, -0.2) is 59.2 Å². The third-order valence-corrected chi connectivity index (χ3v) is 6.29. The lowest BCUT2D eigenvalue weighted by atomic mass is 10.1. The summed E-state index contributed by atoms with van der Waals surface area (Å²) < 4.78 is 6.46. The predicted octanol–water partition coefficient (Wildman–Crippen LogP) is 2.14. The quantitative estimate of drug-likeness (QED) is 0.328. The molecule has 10 nitrogen and oxygen atoms in total. The Labute approximate surface area is 191 Å². The number of nitrogens with two attached hydrogens (primary N) is 1. The monoisotopic (exact) mass is 477 g/mol. The summed E-state index contributed by atoms with van der Waals surface area (Å²) in [5, 5.41) is 26.1. The molecule has 168 valence electrons. The number of aliphatic hydroxyl groups excluding tert-OH is 1. The van der Waals surface area contributed by atoms with E-state index in [0.29, 0.717) is 27.0 Å². The summed E-state index contributed by atoms with van der Waals surface area (Å²) in [4.78, 5) is 30.1. The number of halogens is 1. The molecule has 1 aliphatic heterocycles. The standard InChI is InChI=1S/C20H20ClN5O5S/c1-26-14-8-10(18(29)30)2-4-12(14)24-20(26,16(17(22)28)31-7-6-27)25-19-23-13-5-3-11(21)9-15(13)32-19/h2-5,8-9,16,24,27H,6-7H2,1H3,(H2,22,28)(H,23,25)(H,29,30). The molecule has 12 heteroatoms. The molecule has 0 spiro atoms. The molecule has 0 aliphatic carbocycles. The van der Waals surface area contributed by atoms with Crippen LogP contribution < -0.4 is 21.3 Å². The molecule has 0 radical (unpaired) electrons. The van der Waals surface area contributed by atoms with Crippen molar-refractivity contribution in [3.05, 3.63) is 47.0 Å². The number of carbonyl (C=O) groups excluding carboxylic acids is 1. The molecule has 0 fully saturated rings. The highest BCUT2D eigenvalue weighted by Crippen LogP contribution is 2.43. The second-order valence-corrected chi connectivity index (χ2v) is 8.59. The number of ether oxygens (including phenoxy) is 1. The molecule has 3 aromatic rings. The molecule has 2 heterocycles. The summed E-state index contributed by atoms with van der Waals surface area (Å²) in [7, 11) is 1.67. The number of benzene rings is 2. The Morgan fingerprint density at radius 3 is 2.84 bits per heavy atom. The lowest BCUT2D eigenvalue weighted by Crippen LogP contribution is -2.67. The van der Waals surface area contributed by atoms with Gasteiger partial charge in [0.2, 0.25) is 5.79 Å². The summed E-state index contributed by atoms with van der Waals surface area (Å²) in [5.74, 6) is -3.32. The van der Waals surface area contributed by atoms with E-state index in [1.54, 1.807) is 36.2 Å². The Hall–Kier alpha value is -3.12. The van der Waals surface area contributed by atoms with Crippen molar-refractivity contribution >= 4 is 61.5 Å². The van der Waals surface area contributed by atoms with E-state index in [1.807, 2.05) is 0 Å². The van der Waals surface area contributed by atoms with E-state index in [0.717, 1.165) is 4.70 Å². The zero-order valence-electron chi connectivity index (χ0n) is 16.8. The minimum Gasteiger partial charge on any atom is -0.478 e. The summed E-state index contributed by atoms with van der Waals surface area (Å²) in [6.45, 7) is -0.460. The molecule has 0 saturated carbocycles. The van der Waals surface area contributed by atoms with Gasteiger partial charge in [-0.15, -0.1) is 0 Å². The van der Waals surface area contributed by atoms with E-state index >= 15 is 0 Å². The number of aromatic carboxylic acids is 1. The van der Waals surface area contributed by atoms with Gasteiger partial charge in [-0.05, 0) is 36.4 Å². The molecule has 6 N–H and O–H groups in total. The van der Waals surface area contributed by atoms with Crippen molar-refractivity contribution in [3.63, 3.8) is 0 Å². The fourth-order valence-electron chi connectivity index (χ4n) is 3.64. The number of fused-ring (bicyclic) bond motifs is 2. The van der Waals surface area contributed by atoms with E-state index in [-0.39, 0.29) is 18.8 Å². The van der Waals surface area contributed by atoms with Crippen LogP contribution in [0.15, 0.2) is 36.4 Å². The maximum atomic E-state index is 12.5. The number of hydrogen-bond donors (Lipinski definition) is 5. The van der Waals surface area contributed by atoms with Crippen LogP contribution in [0.1, 0.15) is 10.4 Å². The lowest BCUT2D eigenvalue weighted by molar-refractivity contribution is -0.133. The van der Waals surface area contributed by atoms with Crippen molar-refractivity contribution in [2.75, 3.05) is 35.8 Å². The average Bonchev–Trinajstić information content (AvgIpc) is 3.26. The number of likely N-dealkylation sites (N-methyl/N-ethyl adjacent to an activating group) is 1. The zero-order chi connectivity index (χ0) is 23.0. The number of carbonyl (C=O) groups is 2. The van der Waals surface area contributed by atoms with Crippen LogP contribution in [0.2, 0.25) is 5.02 Å². The topological polar surface area (TPSA) is 150 Å². The molecule has 4 rings (SSSR count). The van der Waals surface area contributed by atoms with Crippen LogP contribution in [-0.2, 0) is 9.53 Å². The van der Waals surface area contributed by atoms with E-state index in [4.69, 9.17) is 22.1 Å². The fourth-order valence-corrected chi connectivity index (χ4v) is 4.84. The Bertz CT molecular complexity index is 1200. The number of amides is 1. The smallest absolute Gasteiger partial charge is 0.335 e.